The quantitative estimate of drug-likeness (QED) is 0.841. The lowest BCUT2D eigenvalue weighted by Gasteiger charge is -2.18. The average Bonchev–Trinajstić information content (AvgIpc) is 2.76. The molecule has 2 unspecified atom stereocenters. The van der Waals surface area contributed by atoms with Crippen molar-refractivity contribution in [2.24, 2.45) is 11.8 Å². The highest BCUT2D eigenvalue weighted by atomic mass is 32.2. The van der Waals surface area contributed by atoms with Gasteiger partial charge in [0.1, 0.15) is 0 Å². The van der Waals surface area contributed by atoms with Crippen molar-refractivity contribution in [2.75, 3.05) is 11.5 Å². The number of aliphatic hydroxyl groups excluding tert-OH is 1. The van der Waals surface area contributed by atoms with E-state index in [2.05, 4.69) is 0 Å². The zero-order valence-electron chi connectivity index (χ0n) is 11.0. The Kier molecular flexibility index (Phi) is 4.45. The number of benzene rings is 1. The number of aliphatic hydroxyl groups is 1. The maximum absolute atomic E-state index is 11.5. The molecule has 110 valence electrons. The minimum atomic E-state index is -3.07. The van der Waals surface area contributed by atoms with Crippen LogP contribution in [0.2, 0.25) is 0 Å². The fourth-order valence-electron chi connectivity index (χ4n) is 2.63. The van der Waals surface area contributed by atoms with Crippen LogP contribution in [-0.2, 0) is 27.7 Å². The van der Waals surface area contributed by atoms with Crippen LogP contribution in [0.5, 0.6) is 0 Å². The molecule has 1 heterocycles. The second-order valence-corrected chi connectivity index (χ2v) is 7.52. The number of sulfone groups is 1. The van der Waals surface area contributed by atoms with Crippen LogP contribution in [0.3, 0.4) is 0 Å². The highest BCUT2D eigenvalue weighted by Crippen LogP contribution is 2.29. The average molecular weight is 298 g/mol. The molecule has 1 aromatic rings. The molecule has 0 radical (unpaired) electrons. The number of hydrogen-bond donors (Lipinski definition) is 2. The largest absolute Gasteiger partial charge is 0.481 e. The molecule has 1 fully saturated rings. The molecule has 5 nitrogen and oxygen atoms in total. The molecule has 6 heteroatoms. The summed E-state index contributed by atoms with van der Waals surface area (Å²) in [4.78, 5) is 11.4. The van der Waals surface area contributed by atoms with Crippen LogP contribution in [0.4, 0.5) is 0 Å². The number of hydrogen-bond acceptors (Lipinski definition) is 4. The van der Waals surface area contributed by atoms with Crippen LogP contribution < -0.4 is 0 Å². The molecule has 2 rings (SSSR count). The van der Waals surface area contributed by atoms with Gasteiger partial charge in [-0.05, 0) is 29.9 Å². The van der Waals surface area contributed by atoms with Crippen molar-refractivity contribution in [3.8, 4) is 0 Å². The van der Waals surface area contributed by atoms with Gasteiger partial charge in [0.05, 0.1) is 24.0 Å². The predicted molar refractivity (Wildman–Crippen MR) is 74.0 cm³/mol. The van der Waals surface area contributed by atoms with Gasteiger partial charge in [0.15, 0.2) is 9.84 Å². The van der Waals surface area contributed by atoms with Gasteiger partial charge in [0.25, 0.3) is 0 Å². The van der Waals surface area contributed by atoms with E-state index in [1.807, 2.05) is 0 Å². The lowest BCUT2D eigenvalue weighted by molar-refractivity contribution is -0.143. The van der Waals surface area contributed by atoms with Crippen molar-refractivity contribution in [2.45, 2.75) is 19.4 Å². The molecule has 0 amide bonds. The fourth-order valence-corrected chi connectivity index (χ4v) is 4.51. The fraction of sp³-hybridized carbons (Fsp3) is 0.500. The Bertz CT molecular complexity index is 576. The zero-order valence-corrected chi connectivity index (χ0v) is 11.8. The maximum atomic E-state index is 11.5. The standard InChI is InChI=1S/C14H18O5S/c15-8-11-3-1-10(2-4-11)7-13(14(16)17)12-5-6-20(18,19)9-12/h1-4,12-13,15H,5-9H2,(H,16,17). The van der Waals surface area contributed by atoms with Gasteiger partial charge < -0.3 is 10.2 Å². The molecule has 20 heavy (non-hydrogen) atoms. The molecule has 1 saturated heterocycles. The van der Waals surface area contributed by atoms with Crippen LogP contribution in [0.25, 0.3) is 0 Å². The molecule has 0 saturated carbocycles. The van der Waals surface area contributed by atoms with Crippen molar-refractivity contribution < 1.29 is 23.4 Å². The van der Waals surface area contributed by atoms with Crippen LogP contribution in [0.15, 0.2) is 24.3 Å². The van der Waals surface area contributed by atoms with E-state index in [1.54, 1.807) is 24.3 Å². The molecule has 1 aromatic carbocycles. The van der Waals surface area contributed by atoms with Crippen LogP contribution in [0, 0.1) is 11.8 Å². The summed E-state index contributed by atoms with van der Waals surface area (Å²) in [5.41, 5.74) is 1.61. The predicted octanol–water partition coefficient (Wildman–Crippen LogP) is 0.857. The van der Waals surface area contributed by atoms with Crippen molar-refractivity contribution in [3.05, 3.63) is 35.4 Å². The van der Waals surface area contributed by atoms with E-state index >= 15 is 0 Å². The second-order valence-electron chi connectivity index (χ2n) is 5.29. The lowest BCUT2D eigenvalue weighted by Crippen LogP contribution is -2.26. The first-order valence-corrected chi connectivity index (χ1v) is 8.35. The maximum Gasteiger partial charge on any atom is 0.307 e. The van der Waals surface area contributed by atoms with E-state index in [-0.39, 0.29) is 24.0 Å². The third-order valence-corrected chi connectivity index (χ3v) is 5.61. The molecular formula is C14H18O5S. The number of aliphatic carboxylic acids is 1. The summed E-state index contributed by atoms with van der Waals surface area (Å²) >= 11 is 0. The van der Waals surface area contributed by atoms with Gasteiger partial charge in [-0.2, -0.15) is 0 Å². The summed E-state index contributed by atoms with van der Waals surface area (Å²) < 4.78 is 23.0. The summed E-state index contributed by atoms with van der Waals surface area (Å²) in [6.07, 6.45) is 0.745. The molecule has 1 aliphatic rings. The highest BCUT2D eigenvalue weighted by Gasteiger charge is 2.37. The van der Waals surface area contributed by atoms with Crippen molar-refractivity contribution in [1.29, 1.82) is 0 Å². The Morgan fingerprint density at radius 2 is 1.85 bits per heavy atom. The third kappa shape index (κ3) is 3.58. The van der Waals surface area contributed by atoms with Crippen LogP contribution >= 0.6 is 0 Å². The Balaban J connectivity index is 2.11. The lowest BCUT2D eigenvalue weighted by atomic mass is 9.86. The molecule has 0 spiro atoms. The van der Waals surface area contributed by atoms with Gasteiger partial charge in [-0.25, -0.2) is 8.42 Å². The van der Waals surface area contributed by atoms with E-state index in [1.165, 1.54) is 0 Å². The zero-order chi connectivity index (χ0) is 14.8. The molecule has 0 aliphatic carbocycles. The Labute approximate surface area is 118 Å². The summed E-state index contributed by atoms with van der Waals surface area (Å²) in [7, 11) is -3.07. The van der Waals surface area contributed by atoms with E-state index in [4.69, 9.17) is 5.11 Å². The molecule has 2 N–H and O–H groups in total. The van der Waals surface area contributed by atoms with E-state index in [9.17, 15) is 18.3 Å². The van der Waals surface area contributed by atoms with Gasteiger partial charge in [0.2, 0.25) is 0 Å². The monoisotopic (exact) mass is 298 g/mol. The minimum absolute atomic E-state index is 0.0291. The SMILES string of the molecule is O=C(O)C(Cc1ccc(CO)cc1)C1CCS(=O)(=O)C1. The van der Waals surface area contributed by atoms with Crippen molar-refractivity contribution in [1.82, 2.24) is 0 Å². The van der Waals surface area contributed by atoms with E-state index < -0.39 is 21.7 Å². The third-order valence-electron chi connectivity index (χ3n) is 3.82. The molecular weight excluding hydrogens is 280 g/mol. The highest BCUT2D eigenvalue weighted by molar-refractivity contribution is 7.91. The minimum Gasteiger partial charge on any atom is -0.481 e. The smallest absolute Gasteiger partial charge is 0.307 e. The topological polar surface area (TPSA) is 91.7 Å². The normalized spacial score (nSPS) is 22.6. The Hall–Kier alpha value is -1.40. The second kappa shape index (κ2) is 5.93. The molecule has 2 atom stereocenters. The molecule has 0 aromatic heterocycles. The first-order valence-electron chi connectivity index (χ1n) is 6.53. The van der Waals surface area contributed by atoms with Gasteiger partial charge in [-0.1, -0.05) is 24.3 Å². The Morgan fingerprint density at radius 3 is 2.30 bits per heavy atom. The summed E-state index contributed by atoms with van der Waals surface area (Å²) in [6.45, 7) is -0.0521. The molecule has 0 bridgehead atoms. The van der Waals surface area contributed by atoms with Crippen LogP contribution in [0.1, 0.15) is 17.5 Å². The van der Waals surface area contributed by atoms with Crippen LogP contribution in [-0.4, -0.2) is 36.1 Å². The molecule has 1 aliphatic heterocycles. The summed E-state index contributed by atoms with van der Waals surface area (Å²) in [6, 6.07) is 7.06. The number of carboxylic acid groups (broad SMARTS) is 1. The number of carboxylic acids is 1. The number of carbonyl (C=O) groups is 1. The van der Waals surface area contributed by atoms with E-state index in [0.29, 0.717) is 12.8 Å². The first kappa shape index (κ1) is 15.0. The number of rotatable bonds is 5. The van der Waals surface area contributed by atoms with Crippen molar-refractivity contribution in [3.63, 3.8) is 0 Å². The van der Waals surface area contributed by atoms with Gasteiger partial charge in [0, 0.05) is 0 Å². The first-order chi connectivity index (χ1) is 9.41. The van der Waals surface area contributed by atoms with Crippen molar-refractivity contribution >= 4 is 15.8 Å². The summed E-state index contributed by atoms with van der Waals surface area (Å²) in [5, 5.41) is 18.3. The van der Waals surface area contributed by atoms with E-state index in [0.717, 1.165) is 11.1 Å². The van der Waals surface area contributed by atoms with Gasteiger partial charge in [-0.3, -0.25) is 4.79 Å². The van der Waals surface area contributed by atoms with Gasteiger partial charge >= 0.3 is 5.97 Å². The Morgan fingerprint density at radius 1 is 1.25 bits per heavy atom. The summed E-state index contributed by atoms with van der Waals surface area (Å²) in [5.74, 6) is -1.87. The van der Waals surface area contributed by atoms with Gasteiger partial charge in [-0.15, -0.1) is 0 Å².